The summed E-state index contributed by atoms with van der Waals surface area (Å²) in [5.74, 6) is -1.06. The SMILES string of the molecule is O=[N+]([O-])c1ccc(CS(=O)(=O)c2ncccn2)o1. The molecule has 9 heteroatoms. The van der Waals surface area contributed by atoms with Crippen LogP contribution in [0, 0.1) is 10.1 Å². The van der Waals surface area contributed by atoms with E-state index in [0.29, 0.717) is 0 Å². The Morgan fingerprint density at radius 1 is 1.28 bits per heavy atom. The first-order valence-electron chi connectivity index (χ1n) is 4.72. The molecule has 0 fully saturated rings. The number of aromatic nitrogens is 2. The summed E-state index contributed by atoms with van der Waals surface area (Å²) in [4.78, 5) is 16.9. The fourth-order valence-corrected chi connectivity index (χ4v) is 2.34. The first-order chi connectivity index (χ1) is 8.49. The molecule has 2 rings (SSSR count). The van der Waals surface area contributed by atoms with E-state index in [4.69, 9.17) is 4.42 Å². The van der Waals surface area contributed by atoms with Gasteiger partial charge in [-0.15, -0.1) is 0 Å². The molecule has 0 spiro atoms. The maximum Gasteiger partial charge on any atom is 0.433 e. The topological polar surface area (TPSA) is 116 Å². The van der Waals surface area contributed by atoms with Crippen molar-refractivity contribution in [3.05, 3.63) is 46.5 Å². The lowest BCUT2D eigenvalue weighted by Gasteiger charge is -1.98. The second kappa shape index (κ2) is 4.53. The number of hydrogen-bond donors (Lipinski definition) is 0. The van der Waals surface area contributed by atoms with Gasteiger partial charge in [0.05, 0.1) is 6.07 Å². The molecular weight excluding hydrogens is 262 g/mol. The van der Waals surface area contributed by atoms with E-state index in [9.17, 15) is 18.5 Å². The molecule has 18 heavy (non-hydrogen) atoms. The maximum absolute atomic E-state index is 11.8. The van der Waals surface area contributed by atoms with E-state index in [-0.39, 0.29) is 10.9 Å². The summed E-state index contributed by atoms with van der Waals surface area (Å²) in [6.45, 7) is 0. The van der Waals surface area contributed by atoms with Crippen molar-refractivity contribution in [1.29, 1.82) is 0 Å². The first-order valence-corrected chi connectivity index (χ1v) is 6.37. The van der Waals surface area contributed by atoms with Gasteiger partial charge in [-0.25, -0.2) is 18.4 Å². The van der Waals surface area contributed by atoms with Crippen LogP contribution in [0.5, 0.6) is 0 Å². The molecule has 0 bridgehead atoms. The van der Waals surface area contributed by atoms with Gasteiger partial charge in [-0.2, -0.15) is 0 Å². The van der Waals surface area contributed by atoms with E-state index in [1.54, 1.807) is 0 Å². The highest BCUT2D eigenvalue weighted by molar-refractivity contribution is 7.90. The lowest BCUT2D eigenvalue weighted by Crippen LogP contribution is -2.08. The molecule has 0 saturated carbocycles. The average Bonchev–Trinajstić information content (AvgIpc) is 2.78. The molecule has 0 aliphatic heterocycles. The normalized spacial score (nSPS) is 11.3. The minimum Gasteiger partial charge on any atom is -0.405 e. The summed E-state index contributed by atoms with van der Waals surface area (Å²) in [6.07, 6.45) is 2.59. The molecular formula is C9H7N3O5S. The van der Waals surface area contributed by atoms with Gasteiger partial charge in [-0.1, -0.05) is 0 Å². The smallest absolute Gasteiger partial charge is 0.405 e. The fourth-order valence-electron chi connectivity index (χ4n) is 1.24. The minimum absolute atomic E-state index is 0.0332. The Hall–Kier alpha value is -2.29. The summed E-state index contributed by atoms with van der Waals surface area (Å²) >= 11 is 0. The largest absolute Gasteiger partial charge is 0.433 e. The monoisotopic (exact) mass is 269 g/mol. The molecule has 2 heterocycles. The molecule has 0 N–H and O–H groups in total. The van der Waals surface area contributed by atoms with Gasteiger partial charge in [0.1, 0.15) is 16.4 Å². The van der Waals surface area contributed by atoms with Crippen LogP contribution in [0.15, 0.2) is 40.2 Å². The van der Waals surface area contributed by atoms with Crippen molar-refractivity contribution in [2.75, 3.05) is 0 Å². The van der Waals surface area contributed by atoms with Gasteiger partial charge in [0.15, 0.2) is 0 Å². The minimum atomic E-state index is -3.76. The third-order valence-electron chi connectivity index (χ3n) is 1.98. The van der Waals surface area contributed by atoms with Gasteiger partial charge in [-0.05, 0) is 12.1 Å². The van der Waals surface area contributed by atoms with Crippen LogP contribution < -0.4 is 0 Å². The molecule has 0 aliphatic carbocycles. The predicted molar refractivity (Wildman–Crippen MR) is 58.3 cm³/mol. The average molecular weight is 269 g/mol. The van der Waals surface area contributed by atoms with Gasteiger partial charge < -0.3 is 4.42 Å². The van der Waals surface area contributed by atoms with Crippen molar-refractivity contribution < 1.29 is 17.8 Å². The van der Waals surface area contributed by atoms with Crippen LogP contribution in [-0.2, 0) is 15.6 Å². The molecule has 8 nitrogen and oxygen atoms in total. The maximum atomic E-state index is 11.8. The Balaban J connectivity index is 2.25. The van der Waals surface area contributed by atoms with Crippen molar-refractivity contribution >= 4 is 15.7 Å². The lowest BCUT2D eigenvalue weighted by molar-refractivity contribution is -0.402. The summed E-state index contributed by atoms with van der Waals surface area (Å²) in [6, 6.07) is 3.81. The number of nitro groups is 1. The molecule has 2 aromatic rings. The van der Waals surface area contributed by atoms with E-state index < -0.39 is 26.4 Å². The highest BCUT2D eigenvalue weighted by Crippen LogP contribution is 2.19. The zero-order valence-electron chi connectivity index (χ0n) is 8.88. The molecule has 0 aliphatic rings. The van der Waals surface area contributed by atoms with E-state index in [0.717, 1.165) is 6.07 Å². The number of nitrogens with zero attached hydrogens (tertiary/aromatic N) is 3. The Morgan fingerprint density at radius 2 is 1.94 bits per heavy atom. The fraction of sp³-hybridized carbons (Fsp3) is 0.111. The molecule has 94 valence electrons. The van der Waals surface area contributed by atoms with Crippen molar-refractivity contribution in [1.82, 2.24) is 9.97 Å². The molecule has 0 aromatic carbocycles. The Labute approximate surface area is 101 Å². The van der Waals surface area contributed by atoms with Gasteiger partial charge in [0, 0.05) is 12.4 Å². The second-order valence-corrected chi connectivity index (χ2v) is 5.17. The second-order valence-electron chi connectivity index (χ2n) is 3.29. The summed E-state index contributed by atoms with van der Waals surface area (Å²) in [5.41, 5.74) is 0. The van der Waals surface area contributed by atoms with Crippen molar-refractivity contribution in [2.24, 2.45) is 0 Å². The van der Waals surface area contributed by atoms with Crippen LogP contribution in [0.2, 0.25) is 0 Å². The van der Waals surface area contributed by atoms with Crippen LogP contribution >= 0.6 is 0 Å². The van der Waals surface area contributed by atoms with E-state index in [1.807, 2.05) is 0 Å². The molecule has 2 aromatic heterocycles. The molecule has 0 saturated heterocycles. The Bertz CT molecular complexity index is 665. The van der Waals surface area contributed by atoms with Gasteiger partial charge in [-0.3, -0.25) is 10.1 Å². The van der Waals surface area contributed by atoms with Crippen LogP contribution in [0.3, 0.4) is 0 Å². The Kier molecular flexibility index (Phi) is 3.06. The van der Waals surface area contributed by atoms with Gasteiger partial charge in [0.2, 0.25) is 15.0 Å². The summed E-state index contributed by atoms with van der Waals surface area (Å²) < 4.78 is 28.4. The number of rotatable bonds is 4. The standard InChI is InChI=1S/C9H7N3O5S/c13-12(14)8-3-2-7(17-8)6-18(15,16)9-10-4-1-5-11-9/h1-5H,6H2. The van der Waals surface area contributed by atoms with Gasteiger partial charge >= 0.3 is 5.88 Å². The molecule has 0 atom stereocenters. The van der Waals surface area contributed by atoms with Crippen LogP contribution in [0.1, 0.15) is 5.76 Å². The number of furan rings is 1. The molecule has 0 unspecified atom stereocenters. The van der Waals surface area contributed by atoms with E-state index in [2.05, 4.69) is 9.97 Å². The predicted octanol–water partition coefficient (Wildman–Crippen LogP) is 0.952. The van der Waals surface area contributed by atoms with Crippen LogP contribution in [0.25, 0.3) is 0 Å². The third kappa shape index (κ3) is 2.51. The van der Waals surface area contributed by atoms with Crippen molar-refractivity contribution in [3.8, 4) is 0 Å². The van der Waals surface area contributed by atoms with Crippen molar-refractivity contribution in [3.63, 3.8) is 0 Å². The highest BCUT2D eigenvalue weighted by Gasteiger charge is 2.22. The van der Waals surface area contributed by atoms with Crippen LogP contribution in [0.4, 0.5) is 5.88 Å². The Morgan fingerprint density at radius 3 is 2.50 bits per heavy atom. The van der Waals surface area contributed by atoms with E-state index in [1.165, 1.54) is 24.5 Å². The summed E-state index contributed by atoms with van der Waals surface area (Å²) in [7, 11) is -3.76. The zero-order chi connectivity index (χ0) is 13.2. The number of sulfone groups is 1. The lowest BCUT2D eigenvalue weighted by atomic mass is 10.5. The molecule has 0 radical (unpaired) electrons. The van der Waals surface area contributed by atoms with Crippen LogP contribution in [-0.4, -0.2) is 23.3 Å². The highest BCUT2D eigenvalue weighted by atomic mass is 32.2. The quantitative estimate of drug-likeness (QED) is 0.460. The van der Waals surface area contributed by atoms with Crippen molar-refractivity contribution in [2.45, 2.75) is 10.9 Å². The summed E-state index contributed by atoms with van der Waals surface area (Å²) in [5, 5.41) is 10.0. The third-order valence-corrected chi connectivity index (χ3v) is 3.41. The first kappa shape index (κ1) is 12.2. The van der Waals surface area contributed by atoms with Gasteiger partial charge in [0.25, 0.3) is 0 Å². The molecule has 0 amide bonds. The van der Waals surface area contributed by atoms with E-state index >= 15 is 0 Å². The zero-order valence-corrected chi connectivity index (χ0v) is 9.70. The number of hydrogen-bond acceptors (Lipinski definition) is 7.